The third-order valence-corrected chi connectivity index (χ3v) is 4.84. The van der Waals surface area contributed by atoms with Crippen LogP contribution in [0.15, 0.2) is 35.4 Å². The fraction of sp³-hybridized carbons (Fsp3) is 0.526. The van der Waals surface area contributed by atoms with Gasteiger partial charge in [0.25, 0.3) is 5.91 Å². The van der Waals surface area contributed by atoms with Crippen LogP contribution in [-0.4, -0.2) is 65.6 Å². The summed E-state index contributed by atoms with van der Waals surface area (Å²) in [5.74, 6) is -0.0920. The SMILES string of the molecule is CN1N=C(C(=O)N(CCN2CCCC2)Cc2ccccc2)CCC1=O. The van der Waals surface area contributed by atoms with Crippen LogP contribution in [0.25, 0.3) is 0 Å². The predicted molar refractivity (Wildman–Crippen MR) is 97.0 cm³/mol. The van der Waals surface area contributed by atoms with Crippen LogP contribution < -0.4 is 0 Å². The average molecular weight is 342 g/mol. The van der Waals surface area contributed by atoms with Gasteiger partial charge in [-0.15, -0.1) is 0 Å². The molecule has 1 aromatic carbocycles. The molecule has 3 rings (SSSR count). The van der Waals surface area contributed by atoms with Gasteiger partial charge in [0.15, 0.2) is 0 Å². The van der Waals surface area contributed by atoms with Crippen molar-refractivity contribution in [2.45, 2.75) is 32.2 Å². The van der Waals surface area contributed by atoms with Crippen LogP contribution in [0.3, 0.4) is 0 Å². The lowest BCUT2D eigenvalue weighted by molar-refractivity contribution is -0.130. The van der Waals surface area contributed by atoms with Gasteiger partial charge >= 0.3 is 0 Å². The van der Waals surface area contributed by atoms with E-state index < -0.39 is 0 Å². The summed E-state index contributed by atoms with van der Waals surface area (Å²) in [5, 5.41) is 5.49. The number of amides is 2. The van der Waals surface area contributed by atoms with Gasteiger partial charge in [-0.3, -0.25) is 9.59 Å². The van der Waals surface area contributed by atoms with Gasteiger partial charge in [0.1, 0.15) is 5.71 Å². The topological polar surface area (TPSA) is 56.2 Å². The molecule has 0 bridgehead atoms. The molecule has 0 aromatic heterocycles. The Morgan fingerprint density at radius 1 is 1.16 bits per heavy atom. The molecule has 2 amide bonds. The second-order valence-corrected chi connectivity index (χ2v) is 6.73. The van der Waals surface area contributed by atoms with E-state index in [9.17, 15) is 9.59 Å². The van der Waals surface area contributed by atoms with E-state index >= 15 is 0 Å². The molecule has 1 saturated heterocycles. The van der Waals surface area contributed by atoms with Gasteiger partial charge in [-0.2, -0.15) is 5.10 Å². The van der Waals surface area contributed by atoms with Crippen LogP contribution >= 0.6 is 0 Å². The summed E-state index contributed by atoms with van der Waals surface area (Å²) in [7, 11) is 1.61. The van der Waals surface area contributed by atoms with E-state index in [-0.39, 0.29) is 11.8 Å². The molecule has 1 fully saturated rings. The number of hydrazone groups is 1. The minimum atomic E-state index is -0.0533. The van der Waals surface area contributed by atoms with Gasteiger partial charge in [-0.05, 0) is 31.5 Å². The number of likely N-dealkylation sites (tertiary alicyclic amines) is 1. The van der Waals surface area contributed by atoms with Crippen LogP contribution in [0.2, 0.25) is 0 Å². The first-order chi connectivity index (χ1) is 12.1. The summed E-state index contributed by atoms with van der Waals surface area (Å²) in [6, 6.07) is 10.0. The van der Waals surface area contributed by atoms with Crippen molar-refractivity contribution in [1.82, 2.24) is 14.8 Å². The number of benzene rings is 1. The van der Waals surface area contributed by atoms with Gasteiger partial charge in [0.2, 0.25) is 5.91 Å². The highest BCUT2D eigenvalue weighted by atomic mass is 16.2. The summed E-state index contributed by atoms with van der Waals surface area (Å²) in [6.45, 7) is 4.38. The first kappa shape index (κ1) is 17.6. The highest BCUT2D eigenvalue weighted by Crippen LogP contribution is 2.13. The summed E-state index contributed by atoms with van der Waals surface area (Å²) < 4.78 is 0. The third-order valence-electron chi connectivity index (χ3n) is 4.84. The van der Waals surface area contributed by atoms with Crippen LogP contribution in [0.4, 0.5) is 0 Å². The smallest absolute Gasteiger partial charge is 0.270 e. The Balaban J connectivity index is 1.71. The fourth-order valence-corrected chi connectivity index (χ4v) is 3.33. The molecular weight excluding hydrogens is 316 g/mol. The lowest BCUT2D eigenvalue weighted by Gasteiger charge is -2.28. The molecule has 0 atom stereocenters. The maximum atomic E-state index is 13.0. The summed E-state index contributed by atoms with van der Waals surface area (Å²) in [5.41, 5.74) is 1.59. The Labute approximate surface area is 149 Å². The number of hydrogen-bond acceptors (Lipinski definition) is 4. The van der Waals surface area contributed by atoms with Crippen LogP contribution in [0, 0.1) is 0 Å². The standard InChI is InChI=1S/C19H26N4O2/c1-21-18(24)10-9-17(20-21)19(25)23(14-13-22-11-5-6-12-22)15-16-7-3-2-4-8-16/h2-4,7-8H,5-6,9-15H2,1H3. The van der Waals surface area contributed by atoms with Gasteiger partial charge in [-0.1, -0.05) is 30.3 Å². The van der Waals surface area contributed by atoms with Gasteiger partial charge in [-0.25, -0.2) is 5.01 Å². The van der Waals surface area contributed by atoms with Crippen molar-refractivity contribution < 1.29 is 9.59 Å². The molecule has 25 heavy (non-hydrogen) atoms. The van der Waals surface area contributed by atoms with Crippen molar-refractivity contribution >= 4 is 17.5 Å². The quantitative estimate of drug-likeness (QED) is 0.791. The summed E-state index contributed by atoms with van der Waals surface area (Å²) in [6.07, 6.45) is 3.27. The molecule has 0 N–H and O–H groups in total. The van der Waals surface area contributed by atoms with Gasteiger partial charge in [0, 0.05) is 39.5 Å². The van der Waals surface area contributed by atoms with Crippen molar-refractivity contribution in [2.24, 2.45) is 5.10 Å². The summed E-state index contributed by atoms with van der Waals surface area (Å²) in [4.78, 5) is 28.9. The zero-order valence-corrected chi connectivity index (χ0v) is 14.9. The van der Waals surface area contributed by atoms with Crippen molar-refractivity contribution in [3.05, 3.63) is 35.9 Å². The third kappa shape index (κ3) is 4.66. The molecule has 0 radical (unpaired) electrons. The molecule has 2 aliphatic rings. The molecule has 134 valence electrons. The van der Waals surface area contributed by atoms with Crippen LogP contribution in [0.5, 0.6) is 0 Å². The number of hydrogen-bond donors (Lipinski definition) is 0. The number of carbonyl (C=O) groups is 2. The lowest BCUT2D eigenvalue weighted by Crippen LogP contribution is -2.43. The monoisotopic (exact) mass is 342 g/mol. The normalized spacial score (nSPS) is 18.4. The van der Waals surface area contributed by atoms with E-state index in [1.807, 2.05) is 35.2 Å². The maximum Gasteiger partial charge on any atom is 0.270 e. The van der Waals surface area contributed by atoms with E-state index in [1.165, 1.54) is 17.9 Å². The second-order valence-electron chi connectivity index (χ2n) is 6.73. The molecule has 0 aliphatic carbocycles. The van der Waals surface area contributed by atoms with Crippen LogP contribution in [0.1, 0.15) is 31.2 Å². The fourth-order valence-electron chi connectivity index (χ4n) is 3.33. The summed E-state index contributed by atoms with van der Waals surface area (Å²) >= 11 is 0. The van der Waals surface area contributed by atoms with Crippen molar-refractivity contribution in [2.75, 3.05) is 33.2 Å². The number of nitrogens with zero attached hydrogens (tertiary/aromatic N) is 4. The van der Waals surface area contributed by atoms with E-state index in [0.717, 1.165) is 25.2 Å². The highest BCUT2D eigenvalue weighted by Gasteiger charge is 2.26. The molecule has 2 heterocycles. The van der Waals surface area contributed by atoms with E-state index in [1.54, 1.807) is 7.05 Å². The number of rotatable bonds is 6. The predicted octanol–water partition coefficient (Wildman–Crippen LogP) is 1.72. The molecule has 1 aromatic rings. The van der Waals surface area contributed by atoms with Crippen molar-refractivity contribution in [3.63, 3.8) is 0 Å². The minimum absolute atomic E-state index is 0.0387. The molecule has 2 aliphatic heterocycles. The molecule has 0 spiro atoms. The van der Waals surface area contributed by atoms with E-state index in [0.29, 0.717) is 31.6 Å². The van der Waals surface area contributed by atoms with Crippen LogP contribution in [-0.2, 0) is 16.1 Å². The molecule has 0 unspecified atom stereocenters. The largest absolute Gasteiger partial charge is 0.332 e. The molecule has 6 nitrogen and oxygen atoms in total. The van der Waals surface area contributed by atoms with Gasteiger partial charge < -0.3 is 9.80 Å². The molecule has 6 heteroatoms. The average Bonchev–Trinajstić information content (AvgIpc) is 3.15. The zero-order valence-electron chi connectivity index (χ0n) is 14.9. The first-order valence-corrected chi connectivity index (χ1v) is 9.03. The van der Waals surface area contributed by atoms with Gasteiger partial charge in [0.05, 0.1) is 0 Å². The van der Waals surface area contributed by atoms with E-state index in [2.05, 4.69) is 10.0 Å². The Morgan fingerprint density at radius 2 is 1.88 bits per heavy atom. The van der Waals surface area contributed by atoms with Crippen molar-refractivity contribution in [3.8, 4) is 0 Å². The maximum absolute atomic E-state index is 13.0. The molecule has 0 saturated carbocycles. The number of carbonyl (C=O) groups excluding carboxylic acids is 2. The lowest BCUT2D eigenvalue weighted by atomic mass is 10.1. The zero-order chi connectivity index (χ0) is 17.6. The minimum Gasteiger partial charge on any atom is -0.332 e. The van der Waals surface area contributed by atoms with Crippen molar-refractivity contribution in [1.29, 1.82) is 0 Å². The first-order valence-electron chi connectivity index (χ1n) is 9.03. The Kier molecular flexibility index (Phi) is 5.81. The molecular formula is C19H26N4O2. The Bertz CT molecular complexity index is 638. The Morgan fingerprint density at radius 3 is 2.56 bits per heavy atom. The highest BCUT2D eigenvalue weighted by molar-refractivity contribution is 6.39. The second kappa shape index (κ2) is 8.25. The Hall–Kier alpha value is -2.21. The van der Waals surface area contributed by atoms with E-state index in [4.69, 9.17) is 0 Å².